The SMILES string of the molecule is CC#CC1CC(C)C1. The second-order valence-electron chi connectivity index (χ2n) is 2.67. The lowest BCUT2D eigenvalue weighted by Gasteiger charge is -2.27. The van der Waals surface area contributed by atoms with Gasteiger partial charge in [0.2, 0.25) is 0 Å². The van der Waals surface area contributed by atoms with Gasteiger partial charge in [-0.25, -0.2) is 0 Å². The second kappa shape index (κ2) is 2.22. The smallest absolute Gasteiger partial charge is 0.0207 e. The van der Waals surface area contributed by atoms with E-state index in [0.29, 0.717) is 0 Å². The summed E-state index contributed by atoms with van der Waals surface area (Å²) >= 11 is 0. The van der Waals surface area contributed by atoms with Crippen molar-refractivity contribution in [2.24, 2.45) is 11.8 Å². The van der Waals surface area contributed by atoms with Gasteiger partial charge in [-0.2, -0.15) is 0 Å². The van der Waals surface area contributed by atoms with Gasteiger partial charge in [0.05, 0.1) is 0 Å². The minimum atomic E-state index is 0.745. The molecule has 0 aromatic rings. The highest BCUT2D eigenvalue weighted by atomic mass is 14.3. The van der Waals surface area contributed by atoms with E-state index in [1.807, 2.05) is 6.92 Å². The van der Waals surface area contributed by atoms with Crippen LogP contribution in [0.4, 0.5) is 0 Å². The summed E-state index contributed by atoms with van der Waals surface area (Å²) in [7, 11) is 0. The molecule has 1 saturated carbocycles. The molecule has 0 spiro atoms. The van der Waals surface area contributed by atoms with Crippen molar-refractivity contribution in [1.82, 2.24) is 0 Å². The first-order valence-corrected chi connectivity index (χ1v) is 3.25. The van der Waals surface area contributed by atoms with Gasteiger partial charge in [-0.15, -0.1) is 11.8 Å². The zero-order valence-corrected chi connectivity index (χ0v) is 5.57. The molecule has 0 N–H and O–H groups in total. The summed E-state index contributed by atoms with van der Waals surface area (Å²) in [5, 5.41) is 0. The Morgan fingerprint density at radius 3 is 2.38 bits per heavy atom. The molecule has 44 valence electrons. The number of hydrogen-bond donors (Lipinski definition) is 0. The summed E-state index contributed by atoms with van der Waals surface area (Å²) in [6.45, 7) is 4.21. The first kappa shape index (κ1) is 5.69. The van der Waals surface area contributed by atoms with Crippen LogP contribution in [0.2, 0.25) is 0 Å². The number of hydrogen-bond acceptors (Lipinski definition) is 0. The van der Waals surface area contributed by atoms with Crippen molar-refractivity contribution < 1.29 is 0 Å². The Morgan fingerprint density at radius 2 is 2.00 bits per heavy atom. The molecule has 0 unspecified atom stereocenters. The Morgan fingerprint density at radius 1 is 1.38 bits per heavy atom. The second-order valence-corrected chi connectivity index (χ2v) is 2.67. The summed E-state index contributed by atoms with van der Waals surface area (Å²) in [5.41, 5.74) is 0. The van der Waals surface area contributed by atoms with Crippen LogP contribution >= 0.6 is 0 Å². The highest BCUT2D eigenvalue weighted by Crippen LogP contribution is 2.31. The van der Waals surface area contributed by atoms with Crippen molar-refractivity contribution in [2.75, 3.05) is 0 Å². The Labute approximate surface area is 51.3 Å². The van der Waals surface area contributed by atoms with Crippen molar-refractivity contribution in [3.05, 3.63) is 0 Å². The number of rotatable bonds is 0. The summed E-state index contributed by atoms with van der Waals surface area (Å²) in [6, 6.07) is 0. The van der Waals surface area contributed by atoms with E-state index in [1.54, 1.807) is 0 Å². The molecular formula is C8H12. The van der Waals surface area contributed by atoms with Crippen molar-refractivity contribution >= 4 is 0 Å². The van der Waals surface area contributed by atoms with Crippen LogP contribution in [0.25, 0.3) is 0 Å². The van der Waals surface area contributed by atoms with Gasteiger partial charge >= 0.3 is 0 Å². The summed E-state index contributed by atoms with van der Waals surface area (Å²) in [4.78, 5) is 0. The fraction of sp³-hybridized carbons (Fsp3) is 0.750. The Balaban J connectivity index is 2.22. The van der Waals surface area contributed by atoms with E-state index in [-0.39, 0.29) is 0 Å². The third kappa shape index (κ3) is 1.04. The molecular weight excluding hydrogens is 96.1 g/mol. The average molecular weight is 108 g/mol. The van der Waals surface area contributed by atoms with Crippen molar-refractivity contribution in [2.45, 2.75) is 26.7 Å². The largest absolute Gasteiger partial charge is 0.106 e. The maximum Gasteiger partial charge on any atom is 0.0207 e. The normalized spacial score (nSPS) is 34.8. The molecule has 0 nitrogen and oxygen atoms in total. The molecule has 0 bridgehead atoms. The molecule has 0 heterocycles. The summed E-state index contributed by atoms with van der Waals surface area (Å²) in [6.07, 6.45) is 2.67. The van der Waals surface area contributed by atoms with E-state index in [4.69, 9.17) is 0 Å². The standard InChI is InChI=1S/C8H12/c1-3-4-8-5-7(2)6-8/h7-8H,5-6H2,1-2H3. The predicted molar refractivity (Wildman–Crippen MR) is 35.3 cm³/mol. The zero-order chi connectivity index (χ0) is 5.98. The Hall–Kier alpha value is -0.440. The van der Waals surface area contributed by atoms with E-state index >= 15 is 0 Å². The molecule has 8 heavy (non-hydrogen) atoms. The molecule has 0 saturated heterocycles. The summed E-state index contributed by atoms with van der Waals surface area (Å²) < 4.78 is 0. The van der Waals surface area contributed by atoms with Gasteiger partial charge in [-0.05, 0) is 25.7 Å². The van der Waals surface area contributed by atoms with Crippen molar-refractivity contribution in [1.29, 1.82) is 0 Å². The fourth-order valence-corrected chi connectivity index (χ4v) is 1.22. The predicted octanol–water partition coefficient (Wildman–Crippen LogP) is 2.06. The maximum absolute atomic E-state index is 3.16. The first-order valence-electron chi connectivity index (χ1n) is 3.25. The van der Waals surface area contributed by atoms with Crippen LogP contribution in [0.1, 0.15) is 26.7 Å². The molecule has 0 aliphatic heterocycles. The van der Waals surface area contributed by atoms with Gasteiger partial charge in [0, 0.05) is 5.92 Å². The highest BCUT2D eigenvalue weighted by molar-refractivity contribution is 5.05. The minimum Gasteiger partial charge on any atom is -0.106 e. The molecule has 1 aliphatic carbocycles. The molecule has 0 aromatic carbocycles. The minimum absolute atomic E-state index is 0.745. The van der Waals surface area contributed by atoms with Crippen LogP contribution in [-0.2, 0) is 0 Å². The summed E-state index contributed by atoms with van der Waals surface area (Å²) in [5.74, 6) is 7.79. The molecule has 1 rings (SSSR count). The fourth-order valence-electron chi connectivity index (χ4n) is 1.22. The van der Waals surface area contributed by atoms with Crippen LogP contribution in [0.5, 0.6) is 0 Å². The van der Waals surface area contributed by atoms with Crippen LogP contribution < -0.4 is 0 Å². The van der Waals surface area contributed by atoms with Gasteiger partial charge in [0.15, 0.2) is 0 Å². The third-order valence-corrected chi connectivity index (χ3v) is 1.72. The monoisotopic (exact) mass is 108 g/mol. The molecule has 0 aromatic heterocycles. The van der Waals surface area contributed by atoms with E-state index in [2.05, 4.69) is 18.8 Å². The topological polar surface area (TPSA) is 0 Å². The van der Waals surface area contributed by atoms with E-state index in [0.717, 1.165) is 11.8 Å². The lowest BCUT2D eigenvalue weighted by atomic mass is 9.77. The van der Waals surface area contributed by atoms with Crippen molar-refractivity contribution in [3.63, 3.8) is 0 Å². The van der Waals surface area contributed by atoms with E-state index in [9.17, 15) is 0 Å². The molecule has 0 radical (unpaired) electrons. The average Bonchev–Trinajstić information content (AvgIpc) is 1.64. The lowest BCUT2D eigenvalue weighted by Crippen LogP contribution is -2.18. The quantitative estimate of drug-likeness (QED) is 0.417. The van der Waals surface area contributed by atoms with Crippen LogP contribution in [0.15, 0.2) is 0 Å². The van der Waals surface area contributed by atoms with Gasteiger partial charge < -0.3 is 0 Å². The first-order chi connectivity index (χ1) is 3.83. The van der Waals surface area contributed by atoms with Crippen LogP contribution in [0.3, 0.4) is 0 Å². The van der Waals surface area contributed by atoms with Gasteiger partial charge in [0.1, 0.15) is 0 Å². The molecule has 0 amide bonds. The van der Waals surface area contributed by atoms with Crippen LogP contribution in [-0.4, -0.2) is 0 Å². The third-order valence-electron chi connectivity index (χ3n) is 1.72. The van der Waals surface area contributed by atoms with Crippen molar-refractivity contribution in [3.8, 4) is 11.8 Å². The molecule has 0 atom stereocenters. The van der Waals surface area contributed by atoms with Gasteiger partial charge in [-0.3, -0.25) is 0 Å². The zero-order valence-electron chi connectivity index (χ0n) is 5.57. The van der Waals surface area contributed by atoms with E-state index < -0.39 is 0 Å². The Kier molecular flexibility index (Phi) is 1.58. The van der Waals surface area contributed by atoms with Gasteiger partial charge in [-0.1, -0.05) is 6.92 Å². The maximum atomic E-state index is 3.16. The highest BCUT2D eigenvalue weighted by Gasteiger charge is 2.22. The molecule has 1 fully saturated rings. The van der Waals surface area contributed by atoms with Gasteiger partial charge in [0.25, 0.3) is 0 Å². The van der Waals surface area contributed by atoms with Crippen LogP contribution in [0, 0.1) is 23.7 Å². The molecule has 1 aliphatic rings. The lowest BCUT2D eigenvalue weighted by molar-refractivity contribution is 0.272. The van der Waals surface area contributed by atoms with E-state index in [1.165, 1.54) is 12.8 Å². The molecule has 0 heteroatoms. The Bertz CT molecular complexity index is 119.